The fourth-order valence-electron chi connectivity index (χ4n) is 3.97. The summed E-state index contributed by atoms with van der Waals surface area (Å²) in [6.07, 6.45) is 0.683. The van der Waals surface area contributed by atoms with Crippen molar-refractivity contribution in [3.05, 3.63) is 89.5 Å². The zero-order chi connectivity index (χ0) is 20.3. The Hall–Kier alpha value is -2.30. The van der Waals surface area contributed by atoms with Gasteiger partial charge in [-0.3, -0.25) is 4.90 Å². The van der Waals surface area contributed by atoms with Gasteiger partial charge < -0.3 is 0 Å². The van der Waals surface area contributed by atoms with Crippen molar-refractivity contribution in [2.24, 2.45) is 0 Å². The first-order valence-electron chi connectivity index (χ1n) is 10.1. The van der Waals surface area contributed by atoms with E-state index < -0.39 is 11.7 Å². The van der Waals surface area contributed by atoms with Crippen LogP contribution < -0.4 is 0 Å². The van der Waals surface area contributed by atoms with Crippen LogP contribution in [0.1, 0.15) is 29.5 Å². The molecule has 0 N–H and O–H groups in total. The zero-order valence-corrected chi connectivity index (χ0v) is 17.5. The second-order valence-corrected chi connectivity index (χ2v) is 7.64. The van der Waals surface area contributed by atoms with E-state index in [0.29, 0.717) is 5.56 Å². The molecular formula is C25H25ClF3N. The summed E-state index contributed by atoms with van der Waals surface area (Å²) in [5.41, 5.74) is 2.48. The highest BCUT2D eigenvalue weighted by Crippen LogP contribution is 2.32. The van der Waals surface area contributed by atoms with Gasteiger partial charge in [-0.1, -0.05) is 60.7 Å². The molecule has 3 aromatic rings. The summed E-state index contributed by atoms with van der Waals surface area (Å²) < 4.78 is 38.8. The van der Waals surface area contributed by atoms with E-state index in [-0.39, 0.29) is 12.4 Å². The van der Waals surface area contributed by atoms with E-state index in [2.05, 4.69) is 53.4 Å². The molecule has 5 heteroatoms. The van der Waals surface area contributed by atoms with Gasteiger partial charge in [-0.15, -0.1) is 12.4 Å². The van der Waals surface area contributed by atoms with Crippen LogP contribution in [0.3, 0.4) is 0 Å². The van der Waals surface area contributed by atoms with E-state index in [1.54, 1.807) is 6.07 Å². The van der Waals surface area contributed by atoms with Crippen molar-refractivity contribution in [3.8, 4) is 0 Å². The molecule has 0 bridgehead atoms. The standard InChI is InChI=1S/C25H24F3N.ClH/c26-25(27,28)24-9-3-8-23(18-24)21-12-15-29(16-13-21)14-4-5-19-10-11-20-6-1-2-7-22(20)17-19;/h1-3,6-12,17-18H,4-5,13-16H2;1H. The van der Waals surface area contributed by atoms with Crippen LogP contribution in [-0.4, -0.2) is 24.5 Å². The van der Waals surface area contributed by atoms with Crippen LogP contribution in [0.2, 0.25) is 0 Å². The van der Waals surface area contributed by atoms with Crippen molar-refractivity contribution < 1.29 is 13.2 Å². The van der Waals surface area contributed by atoms with Crippen molar-refractivity contribution in [2.45, 2.75) is 25.4 Å². The summed E-state index contributed by atoms with van der Waals surface area (Å²) in [6, 6.07) is 20.7. The minimum absolute atomic E-state index is 0. The van der Waals surface area contributed by atoms with Crippen LogP contribution in [0, 0.1) is 0 Å². The molecule has 0 amide bonds. The molecule has 0 saturated carbocycles. The van der Waals surface area contributed by atoms with Gasteiger partial charge in [-0.25, -0.2) is 0 Å². The normalized spacial score (nSPS) is 15.0. The highest BCUT2D eigenvalue weighted by molar-refractivity contribution is 5.85. The molecule has 158 valence electrons. The third-order valence-electron chi connectivity index (χ3n) is 5.61. The average Bonchev–Trinajstić information content (AvgIpc) is 2.74. The second kappa shape index (κ2) is 9.67. The monoisotopic (exact) mass is 431 g/mol. The van der Waals surface area contributed by atoms with Gasteiger partial charge in [0.1, 0.15) is 0 Å². The number of fused-ring (bicyclic) bond motifs is 1. The van der Waals surface area contributed by atoms with Crippen molar-refractivity contribution in [2.75, 3.05) is 19.6 Å². The molecule has 0 fully saturated rings. The van der Waals surface area contributed by atoms with Crippen molar-refractivity contribution in [1.29, 1.82) is 0 Å². The molecule has 0 saturated heterocycles. The highest BCUT2D eigenvalue weighted by Gasteiger charge is 2.30. The Morgan fingerprint density at radius 2 is 1.67 bits per heavy atom. The maximum atomic E-state index is 12.9. The van der Waals surface area contributed by atoms with Crippen LogP contribution in [0.5, 0.6) is 0 Å². The molecule has 1 nitrogen and oxygen atoms in total. The second-order valence-electron chi connectivity index (χ2n) is 7.64. The Labute approximate surface area is 181 Å². The topological polar surface area (TPSA) is 3.24 Å². The number of rotatable bonds is 5. The Kier molecular flexibility index (Phi) is 7.22. The Bertz CT molecular complexity index is 1030. The van der Waals surface area contributed by atoms with Crippen LogP contribution in [0.4, 0.5) is 13.2 Å². The lowest BCUT2D eigenvalue weighted by atomic mass is 9.97. The third kappa shape index (κ3) is 5.44. The molecule has 3 aromatic carbocycles. The van der Waals surface area contributed by atoms with Crippen LogP contribution in [0.25, 0.3) is 16.3 Å². The average molecular weight is 432 g/mol. The minimum Gasteiger partial charge on any atom is -0.299 e. The predicted molar refractivity (Wildman–Crippen MR) is 120 cm³/mol. The summed E-state index contributed by atoms with van der Waals surface area (Å²) in [5.74, 6) is 0. The van der Waals surface area contributed by atoms with Crippen LogP contribution in [0.15, 0.2) is 72.8 Å². The molecule has 0 aromatic heterocycles. The first-order valence-corrected chi connectivity index (χ1v) is 10.1. The van der Waals surface area contributed by atoms with E-state index in [1.807, 2.05) is 0 Å². The maximum absolute atomic E-state index is 12.9. The molecule has 4 rings (SSSR count). The number of hydrogen-bond acceptors (Lipinski definition) is 1. The highest BCUT2D eigenvalue weighted by atomic mass is 35.5. The Morgan fingerprint density at radius 1 is 0.867 bits per heavy atom. The van der Waals surface area contributed by atoms with Gasteiger partial charge in [0.25, 0.3) is 0 Å². The summed E-state index contributed by atoms with van der Waals surface area (Å²) >= 11 is 0. The lowest BCUT2D eigenvalue weighted by Gasteiger charge is -2.26. The zero-order valence-electron chi connectivity index (χ0n) is 16.7. The van der Waals surface area contributed by atoms with Gasteiger partial charge >= 0.3 is 6.18 Å². The molecule has 1 aliphatic rings. The summed E-state index contributed by atoms with van der Waals surface area (Å²) in [5, 5.41) is 2.54. The number of halogens is 4. The van der Waals surface area contributed by atoms with Gasteiger partial charge in [0.05, 0.1) is 5.56 Å². The molecule has 0 aliphatic carbocycles. The molecule has 30 heavy (non-hydrogen) atoms. The Morgan fingerprint density at radius 3 is 2.40 bits per heavy atom. The molecule has 0 atom stereocenters. The minimum atomic E-state index is -4.29. The molecule has 0 spiro atoms. The fourth-order valence-corrected chi connectivity index (χ4v) is 3.97. The SMILES string of the molecule is Cl.FC(F)(F)c1cccc(C2=CCN(CCCc3ccc4ccccc4c3)CC2)c1. The van der Waals surface area contributed by atoms with Gasteiger partial charge in [-0.2, -0.15) is 13.2 Å². The number of alkyl halides is 3. The number of hydrogen-bond donors (Lipinski definition) is 0. The lowest BCUT2D eigenvalue weighted by Crippen LogP contribution is -2.29. The predicted octanol–water partition coefficient (Wildman–Crippen LogP) is 7.00. The van der Waals surface area contributed by atoms with Gasteiger partial charge in [0, 0.05) is 13.1 Å². The van der Waals surface area contributed by atoms with E-state index in [1.165, 1.54) is 28.5 Å². The quantitative estimate of drug-likeness (QED) is 0.420. The third-order valence-corrected chi connectivity index (χ3v) is 5.61. The van der Waals surface area contributed by atoms with E-state index in [9.17, 15) is 13.2 Å². The van der Waals surface area contributed by atoms with Crippen LogP contribution >= 0.6 is 12.4 Å². The number of benzene rings is 3. The molecular weight excluding hydrogens is 407 g/mol. The molecule has 0 unspecified atom stereocenters. The molecule has 0 radical (unpaired) electrons. The van der Waals surface area contributed by atoms with E-state index >= 15 is 0 Å². The first-order chi connectivity index (χ1) is 14.0. The lowest BCUT2D eigenvalue weighted by molar-refractivity contribution is -0.137. The van der Waals surface area contributed by atoms with Gasteiger partial charge in [0.2, 0.25) is 0 Å². The molecule has 1 heterocycles. The maximum Gasteiger partial charge on any atom is 0.416 e. The Balaban J connectivity index is 0.00000256. The summed E-state index contributed by atoms with van der Waals surface area (Å²) in [6.45, 7) is 2.68. The number of aryl methyl sites for hydroxylation is 1. The largest absolute Gasteiger partial charge is 0.416 e. The summed E-state index contributed by atoms with van der Waals surface area (Å²) in [4.78, 5) is 2.37. The number of nitrogens with zero attached hydrogens (tertiary/aromatic N) is 1. The summed E-state index contributed by atoms with van der Waals surface area (Å²) in [7, 11) is 0. The first kappa shape index (κ1) is 22.4. The van der Waals surface area contributed by atoms with Gasteiger partial charge in [-0.05, 0) is 65.4 Å². The van der Waals surface area contributed by atoms with Crippen molar-refractivity contribution in [3.63, 3.8) is 0 Å². The fraction of sp³-hybridized carbons (Fsp3) is 0.280. The smallest absolute Gasteiger partial charge is 0.299 e. The van der Waals surface area contributed by atoms with Crippen LogP contribution in [-0.2, 0) is 12.6 Å². The van der Waals surface area contributed by atoms with E-state index in [4.69, 9.17) is 0 Å². The van der Waals surface area contributed by atoms with Crippen molar-refractivity contribution in [1.82, 2.24) is 4.90 Å². The van der Waals surface area contributed by atoms with Gasteiger partial charge in [0.15, 0.2) is 0 Å². The molecule has 1 aliphatic heterocycles. The van der Waals surface area contributed by atoms with E-state index in [0.717, 1.165) is 50.5 Å². The van der Waals surface area contributed by atoms with Crippen molar-refractivity contribution >= 4 is 28.8 Å².